The number of pyridine rings is 1. The summed E-state index contributed by atoms with van der Waals surface area (Å²) in [6.45, 7) is 0. The molecule has 1 aromatic heterocycles. The summed E-state index contributed by atoms with van der Waals surface area (Å²) in [5, 5.41) is 8.93. The zero-order chi connectivity index (χ0) is 7.56. The third-order valence-corrected chi connectivity index (χ3v) is 2.04. The number of rotatable bonds is 1. The second-order valence-corrected chi connectivity index (χ2v) is 2.80. The molecule has 2 nitrogen and oxygen atoms in total. The van der Waals surface area contributed by atoms with Crippen LogP contribution >= 0.6 is 27.5 Å². The molecule has 54 valence electrons. The van der Waals surface area contributed by atoms with Gasteiger partial charge in [-0.25, -0.2) is 4.98 Å². The molecule has 10 heavy (non-hydrogen) atoms. The zero-order valence-electron chi connectivity index (χ0n) is 5.01. The van der Waals surface area contributed by atoms with Crippen LogP contribution in [0.15, 0.2) is 16.9 Å². The van der Waals surface area contributed by atoms with Crippen LogP contribution in [-0.2, 0) is 5.88 Å². The van der Waals surface area contributed by atoms with Gasteiger partial charge in [-0.05, 0) is 22.0 Å². The summed E-state index contributed by atoms with van der Waals surface area (Å²) in [5.41, 5.74) is 0.793. The predicted octanol–water partition coefficient (Wildman–Crippen LogP) is 2.29. The lowest BCUT2D eigenvalue weighted by atomic mass is 10.3. The second-order valence-electron chi connectivity index (χ2n) is 1.78. The summed E-state index contributed by atoms with van der Waals surface area (Å²) in [5.74, 6) is 0.487. The largest absolute Gasteiger partial charge is 0.506 e. The van der Waals surface area contributed by atoms with E-state index in [2.05, 4.69) is 20.9 Å². The van der Waals surface area contributed by atoms with E-state index in [9.17, 15) is 0 Å². The minimum atomic E-state index is 0.138. The van der Waals surface area contributed by atoms with Crippen molar-refractivity contribution in [2.45, 2.75) is 5.88 Å². The van der Waals surface area contributed by atoms with Crippen LogP contribution in [-0.4, -0.2) is 10.1 Å². The monoisotopic (exact) mass is 221 g/mol. The predicted molar refractivity (Wildman–Crippen MR) is 43.2 cm³/mol. The van der Waals surface area contributed by atoms with Crippen LogP contribution in [0.25, 0.3) is 0 Å². The van der Waals surface area contributed by atoms with Gasteiger partial charge in [-0.2, -0.15) is 0 Å². The summed E-state index contributed by atoms with van der Waals surface area (Å²) in [6, 6.07) is 1.57. The van der Waals surface area contributed by atoms with Crippen LogP contribution in [0.1, 0.15) is 5.56 Å². The summed E-state index contributed by atoms with van der Waals surface area (Å²) < 4.78 is 0.681. The van der Waals surface area contributed by atoms with Gasteiger partial charge < -0.3 is 5.11 Å². The highest BCUT2D eigenvalue weighted by Gasteiger charge is 1.99. The topological polar surface area (TPSA) is 33.1 Å². The zero-order valence-corrected chi connectivity index (χ0v) is 7.35. The lowest BCUT2D eigenvalue weighted by Crippen LogP contribution is -1.83. The fourth-order valence-corrected chi connectivity index (χ4v) is 1.30. The first-order valence-electron chi connectivity index (χ1n) is 2.63. The van der Waals surface area contributed by atoms with Gasteiger partial charge in [-0.1, -0.05) is 0 Å². The Labute approximate surface area is 72.0 Å². The van der Waals surface area contributed by atoms with E-state index in [0.717, 1.165) is 5.56 Å². The number of hydrogen-bond acceptors (Lipinski definition) is 2. The highest BCUT2D eigenvalue weighted by Crippen LogP contribution is 2.19. The van der Waals surface area contributed by atoms with Crippen molar-refractivity contribution in [1.82, 2.24) is 4.98 Å². The van der Waals surface area contributed by atoms with Crippen molar-refractivity contribution in [3.63, 3.8) is 0 Å². The van der Waals surface area contributed by atoms with Gasteiger partial charge in [0.15, 0.2) is 0 Å². The van der Waals surface area contributed by atoms with Crippen LogP contribution in [0.2, 0.25) is 0 Å². The Bertz CT molecular complexity index is 241. The Balaban J connectivity index is 3.09. The van der Waals surface area contributed by atoms with Crippen molar-refractivity contribution >= 4 is 27.5 Å². The Hall–Kier alpha value is -0.280. The number of halogens is 2. The number of nitrogens with zero attached hydrogens (tertiary/aromatic N) is 1. The number of alkyl halides is 1. The fraction of sp³-hybridized carbons (Fsp3) is 0.167. The number of hydrogen-bond donors (Lipinski definition) is 1. The van der Waals surface area contributed by atoms with E-state index in [1.165, 1.54) is 6.20 Å². The molecule has 0 amide bonds. The fourth-order valence-electron chi connectivity index (χ4n) is 0.575. The molecule has 1 rings (SSSR count). The molecule has 1 aromatic rings. The molecule has 1 N–H and O–H groups in total. The van der Waals surface area contributed by atoms with Crippen LogP contribution in [0.3, 0.4) is 0 Å². The van der Waals surface area contributed by atoms with Crippen LogP contribution < -0.4 is 0 Å². The van der Waals surface area contributed by atoms with Crippen LogP contribution in [0, 0.1) is 0 Å². The molecular formula is C6H5BrClNO. The van der Waals surface area contributed by atoms with Crippen molar-refractivity contribution in [1.29, 1.82) is 0 Å². The maximum Gasteiger partial charge on any atom is 0.134 e. The number of aromatic hydroxyl groups is 1. The van der Waals surface area contributed by atoms with Crippen LogP contribution in [0.5, 0.6) is 5.75 Å². The average Bonchev–Trinajstić information content (AvgIpc) is 1.94. The van der Waals surface area contributed by atoms with Gasteiger partial charge in [0.1, 0.15) is 10.4 Å². The third-order valence-electron chi connectivity index (χ3n) is 1.04. The number of aromatic nitrogens is 1. The van der Waals surface area contributed by atoms with E-state index in [1.807, 2.05) is 0 Å². The van der Waals surface area contributed by atoms with E-state index in [-0.39, 0.29) is 5.75 Å². The van der Waals surface area contributed by atoms with Gasteiger partial charge in [0.25, 0.3) is 0 Å². The van der Waals surface area contributed by atoms with E-state index in [0.29, 0.717) is 10.5 Å². The Morgan fingerprint density at radius 3 is 2.90 bits per heavy atom. The second kappa shape index (κ2) is 3.21. The van der Waals surface area contributed by atoms with Gasteiger partial charge in [0.05, 0.1) is 12.1 Å². The third kappa shape index (κ3) is 1.61. The Kier molecular flexibility index (Phi) is 2.51. The highest BCUT2D eigenvalue weighted by molar-refractivity contribution is 9.10. The lowest BCUT2D eigenvalue weighted by molar-refractivity contribution is 0.471. The van der Waals surface area contributed by atoms with Crippen LogP contribution in [0.4, 0.5) is 0 Å². The van der Waals surface area contributed by atoms with Gasteiger partial charge in [0, 0.05) is 5.56 Å². The standard InChI is InChI=1S/C6H5BrClNO/c7-6-4(2-8)1-5(10)3-9-6/h1,3,10H,2H2. The Morgan fingerprint density at radius 1 is 1.70 bits per heavy atom. The quantitative estimate of drug-likeness (QED) is 0.584. The van der Waals surface area contributed by atoms with E-state index >= 15 is 0 Å². The van der Waals surface area contributed by atoms with E-state index in [1.54, 1.807) is 6.07 Å². The van der Waals surface area contributed by atoms with Gasteiger partial charge >= 0.3 is 0 Å². The molecule has 0 aromatic carbocycles. The lowest BCUT2D eigenvalue weighted by Gasteiger charge is -1.97. The highest BCUT2D eigenvalue weighted by atomic mass is 79.9. The molecule has 0 aliphatic carbocycles. The van der Waals surface area contributed by atoms with Gasteiger partial charge in [0.2, 0.25) is 0 Å². The normalized spacial score (nSPS) is 9.80. The molecule has 0 saturated carbocycles. The van der Waals surface area contributed by atoms with Crippen molar-refractivity contribution in [3.8, 4) is 5.75 Å². The maximum atomic E-state index is 8.93. The molecule has 0 aliphatic heterocycles. The van der Waals surface area contributed by atoms with E-state index in [4.69, 9.17) is 16.7 Å². The molecule has 0 atom stereocenters. The molecular weight excluding hydrogens is 217 g/mol. The summed E-state index contributed by atoms with van der Waals surface area (Å²) in [6.07, 6.45) is 1.36. The smallest absolute Gasteiger partial charge is 0.134 e. The first-order chi connectivity index (χ1) is 4.74. The Morgan fingerprint density at radius 2 is 2.40 bits per heavy atom. The summed E-state index contributed by atoms with van der Waals surface area (Å²) >= 11 is 8.71. The average molecular weight is 222 g/mol. The summed E-state index contributed by atoms with van der Waals surface area (Å²) in [4.78, 5) is 3.83. The van der Waals surface area contributed by atoms with Crippen molar-refractivity contribution in [2.24, 2.45) is 0 Å². The molecule has 0 unspecified atom stereocenters. The first kappa shape index (κ1) is 7.82. The maximum absolute atomic E-state index is 8.93. The van der Waals surface area contributed by atoms with Gasteiger partial charge in [-0.3, -0.25) is 0 Å². The molecule has 0 aliphatic rings. The molecule has 1 heterocycles. The first-order valence-corrected chi connectivity index (χ1v) is 3.96. The molecule has 0 bridgehead atoms. The molecule has 4 heteroatoms. The minimum absolute atomic E-state index is 0.138. The van der Waals surface area contributed by atoms with Crippen molar-refractivity contribution in [3.05, 3.63) is 22.4 Å². The molecule has 0 fully saturated rings. The SMILES string of the molecule is Oc1cnc(Br)c(CCl)c1. The summed E-state index contributed by atoms with van der Waals surface area (Å²) in [7, 11) is 0. The molecule has 0 radical (unpaired) electrons. The van der Waals surface area contributed by atoms with Crippen molar-refractivity contribution < 1.29 is 5.11 Å². The minimum Gasteiger partial charge on any atom is -0.506 e. The van der Waals surface area contributed by atoms with Crippen molar-refractivity contribution in [2.75, 3.05) is 0 Å². The molecule has 0 saturated heterocycles. The molecule has 0 spiro atoms. The van der Waals surface area contributed by atoms with E-state index < -0.39 is 0 Å². The van der Waals surface area contributed by atoms with Gasteiger partial charge in [-0.15, -0.1) is 11.6 Å².